The largest absolute Gasteiger partial charge is 0.496 e. The number of carbonyl (C=O) groups is 1. The van der Waals surface area contributed by atoms with Gasteiger partial charge in [-0.2, -0.15) is 0 Å². The molecule has 0 saturated heterocycles. The molecule has 0 aromatic heterocycles. The van der Waals surface area contributed by atoms with E-state index in [1.807, 2.05) is 0 Å². The van der Waals surface area contributed by atoms with Gasteiger partial charge in [0.1, 0.15) is 0 Å². The van der Waals surface area contributed by atoms with Crippen LogP contribution in [-0.4, -0.2) is 16.9 Å². The standard InChI is InChI=1S/C2N4O3.H3N/c7-2-3-1(4-5-2)6(8)9;/h;1H3. The summed E-state index contributed by atoms with van der Waals surface area (Å²) in [4.78, 5) is 21.7. The first-order valence-electron chi connectivity index (χ1n) is 1.89. The van der Waals surface area contributed by atoms with Gasteiger partial charge in [0.2, 0.25) is 0 Å². The SMILES string of the molecule is N.O=C1N=NC([N+](=O)[O-])=N1. The minimum Gasteiger partial charge on any atom is -0.390 e. The fourth-order valence-corrected chi connectivity index (χ4v) is 0.295. The molecule has 0 spiro atoms. The zero-order valence-electron chi connectivity index (χ0n) is 4.72. The van der Waals surface area contributed by atoms with Gasteiger partial charge < -0.3 is 16.3 Å². The summed E-state index contributed by atoms with van der Waals surface area (Å²) in [5, 5.41) is 15.3. The highest BCUT2D eigenvalue weighted by Crippen LogP contribution is 1.97. The van der Waals surface area contributed by atoms with E-state index in [4.69, 9.17) is 0 Å². The summed E-state index contributed by atoms with van der Waals surface area (Å²) in [6, 6.07) is -0.929. The number of aliphatic imine (C=N–C) groups is 1. The molecule has 1 aliphatic heterocycles. The molecule has 1 aliphatic rings. The van der Waals surface area contributed by atoms with Crippen LogP contribution in [0, 0.1) is 10.1 Å². The number of azo groups is 1. The Morgan fingerprint density at radius 2 is 2.00 bits per heavy atom. The lowest BCUT2D eigenvalue weighted by Crippen LogP contribution is -2.05. The van der Waals surface area contributed by atoms with Gasteiger partial charge in [-0.1, -0.05) is 0 Å². The van der Waals surface area contributed by atoms with Crippen LogP contribution in [0.5, 0.6) is 0 Å². The van der Waals surface area contributed by atoms with Crippen LogP contribution in [0.2, 0.25) is 0 Å². The highest BCUT2D eigenvalue weighted by atomic mass is 16.6. The summed E-state index contributed by atoms with van der Waals surface area (Å²) in [6.45, 7) is 0. The third-order valence-corrected chi connectivity index (χ3v) is 0.584. The maximum absolute atomic E-state index is 10.0. The van der Waals surface area contributed by atoms with E-state index in [-0.39, 0.29) is 6.15 Å². The van der Waals surface area contributed by atoms with Crippen molar-refractivity contribution in [3.8, 4) is 0 Å². The van der Waals surface area contributed by atoms with Crippen molar-refractivity contribution in [1.82, 2.24) is 6.15 Å². The molecule has 0 fully saturated rings. The van der Waals surface area contributed by atoms with Crippen LogP contribution in [0.1, 0.15) is 0 Å². The Hall–Kier alpha value is -1.70. The Balaban J connectivity index is 0.000000810. The molecule has 0 atom stereocenters. The average Bonchev–Trinajstić information content (AvgIpc) is 2.14. The summed E-state index contributed by atoms with van der Waals surface area (Å²) >= 11 is 0. The normalized spacial score (nSPS) is 14.4. The fraction of sp³-hybridized carbons (Fsp3) is 0. The number of hydrogen-bond acceptors (Lipinski definition) is 5. The zero-order valence-corrected chi connectivity index (χ0v) is 4.72. The van der Waals surface area contributed by atoms with Crippen molar-refractivity contribution in [2.24, 2.45) is 15.2 Å². The Bertz CT molecular complexity index is 229. The van der Waals surface area contributed by atoms with Gasteiger partial charge >= 0.3 is 12.0 Å². The molecule has 10 heavy (non-hydrogen) atoms. The Morgan fingerprint density at radius 3 is 2.20 bits per heavy atom. The number of carbonyl (C=O) groups excluding carboxylic acids is 1. The van der Waals surface area contributed by atoms with Crippen molar-refractivity contribution in [2.45, 2.75) is 0 Å². The topological polar surface area (TPSA) is 132 Å². The van der Waals surface area contributed by atoms with Gasteiger partial charge in [0.05, 0.1) is 5.11 Å². The lowest BCUT2D eigenvalue weighted by Gasteiger charge is -1.82. The first-order valence-corrected chi connectivity index (χ1v) is 1.89. The molecule has 3 N–H and O–H groups in total. The molecular formula is C2H3N5O3. The van der Waals surface area contributed by atoms with E-state index in [0.29, 0.717) is 0 Å². The molecule has 0 aromatic carbocycles. The molecule has 0 saturated carbocycles. The molecule has 1 rings (SSSR count). The van der Waals surface area contributed by atoms with Crippen molar-refractivity contribution < 1.29 is 9.72 Å². The lowest BCUT2D eigenvalue weighted by atomic mass is 11.0. The molecule has 0 radical (unpaired) electrons. The van der Waals surface area contributed by atoms with Crippen LogP contribution in [0.3, 0.4) is 0 Å². The van der Waals surface area contributed by atoms with Crippen molar-refractivity contribution in [3.05, 3.63) is 10.1 Å². The summed E-state index contributed by atoms with van der Waals surface area (Å²) in [6.07, 6.45) is 0. The fourth-order valence-electron chi connectivity index (χ4n) is 0.295. The first kappa shape index (κ1) is 8.30. The number of hydrogen-bond donors (Lipinski definition) is 1. The quantitative estimate of drug-likeness (QED) is 0.389. The maximum Gasteiger partial charge on any atom is 0.496 e. The number of nitro groups is 1. The second-order valence-corrected chi connectivity index (χ2v) is 1.15. The highest BCUT2D eigenvalue weighted by molar-refractivity contribution is 5.93. The Labute approximate surface area is 54.4 Å². The van der Waals surface area contributed by atoms with Gasteiger partial charge in [-0.05, 0) is 4.92 Å². The van der Waals surface area contributed by atoms with Crippen LogP contribution >= 0.6 is 0 Å². The van der Waals surface area contributed by atoms with Crippen LogP contribution in [-0.2, 0) is 0 Å². The monoisotopic (exact) mass is 145 g/mol. The zero-order chi connectivity index (χ0) is 6.85. The minimum absolute atomic E-state index is 0. The van der Waals surface area contributed by atoms with E-state index in [9.17, 15) is 14.9 Å². The predicted molar refractivity (Wildman–Crippen MR) is 29.7 cm³/mol. The molecule has 0 aromatic rings. The van der Waals surface area contributed by atoms with E-state index < -0.39 is 16.9 Å². The van der Waals surface area contributed by atoms with Gasteiger partial charge in [0.25, 0.3) is 0 Å². The van der Waals surface area contributed by atoms with E-state index in [2.05, 4.69) is 15.2 Å². The first-order chi connectivity index (χ1) is 4.20. The number of rotatable bonds is 0. The summed E-state index contributed by atoms with van der Waals surface area (Å²) in [5.74, 6) is -0.750. The molecule has 0 unspecified atom stereocenters. The van der Waals surface area contributed by atoms with Crippen LogP contribution in [0.15, 0.2) is 15.2 Å². The van der Waals surface area contributed by atoms with E-state index in [0.717, 1.165) is 0 Å². The van der Waals surface area contributed by atoms with Crippen molar-refractivity contribution >= 4 is 12.0 Å². The number of guanidine groups is 1. The molecule has 54 valence electrons. The molecule has 0 aliphatic carbocycles. The molecule has 8 heteroatoms. The summed E-state index contributed by atoms with van der Waals surface area (Å²) in [5.41, 5.74) is 0. The Morgan fingerprint density at radius 1 is 1.40 bits per heavy atom. The number of nitrogens with zero attached hydrogens (tertiary/aromatic N) is 4. The number of amides is 2. The molecule has 8 nitrogen and oxygen atoms in total. The van der Waals surface area contributed by atoms with Crippen LogP contribution in [0.25, 0.3) is 0 Å². The smallest absolute Gasteiger partial charge is 0.390 e. The van der Waals surface area contributed by atoms with Crippen LogP contribution < -0.4 is 6.15 Å². The molecule has 2 amide bonds. The second-order valence-electron chi connectivity index (χ2n) is 1.15. The third-order valence-electron chi connectivity index (χ3n) is 0.584. The highest BCUT2D eigenvalue weighted by Gasteiger charge is 2.23. The van der Waals surface area contributed by atoms with Gasteiger partial charge in [-0.25, -0.2) is 4.79 Å². The minimum atomic E-state index is -0.929. The second kappa shape index (κ2) is 2.73. The third kappa shape index (κ3) is 1.39. The predicted octanol–water partition coefficient (Wildman–Crippen LogP) is 0.367. The summed E-state index contributed by atoms with van der Waals surface area (Å²) in [7, 11) is 0. The lowest BCUT2D eigenvalue weighted by molar-refractivity contribution is -0.351. The van der Waals surface area contributed by atoms with Gasteiger partial charge in [0, 0.05) is 10.1 Å². The van der Waals surface area contributed by atoms with Gasteiger partial charge in [-0.15, -0.1) is 0 Å². The maximum atomic E-state index is 10.0. The van der Waals surface area contributed by atoms with Gasteiger partial charge in [-0.3, -0.25) is 0 Å². The van der Waals surface area contributed by atoms with Crippen molar-refractivity contribution in [2.75, 3.05) is 0 Å². The molecular weight excluding hydrogens is 142 g/mol. The van der Waals surface area contributed by atoms with Crippen LogP contribution in [0.4, 0.5) is 4.79 Å². The number of urea groups is 1. The average molecular weight is 145 g/mol. The van der Waals surface area contributed by atoms with E-state index in [1.54, 1.807) is 0 Å². The van der Waals surface area contributed by atoms with E-state index in [1.165, 1.54) is 0 Å². The Kier molecular flexibility index (Phi) is 2.27. The summed E-state index contributed by atoms with van der Waals surface area (Å²) < 4.78 is 0. The van der Waals surface area contributed by atoms with Crippen molar-refractivity contribution in [1.29, 1.82) is 0 Å². The molecule has 0 bridgehead atoms. The molecule has 1 heterocycles. The van der Waals surface area contributed by atoms with Crippen molar-refractivity contribution in [3.63, 3.8) is 0 Å². The van der Waals surface area contributed by atoms with Gasteiger partial charge in [0.15, 0.2) is 0 Å². The van der Waals surface area contributed by atoms with E-state index >= 15 is 0 Å².